The molecule has 0 aromatic rings. The van der Waals surface area contributed by atoms with Crippen molar-refractivity contribution in [1.29, 1.82) is 0 Å². The van der Waals surface area contributed by atoms with Crippen LogP contribution in [-0.4, -0.2) is 268 Å². The Morgan fingerprint density at radius 1 is 0.617 bits per heavy atom. The molecule has 22 atom stereocenters. The zero-order chi connectivity index (χ0) is 70.9. The topological polar surface area (TPSA) is 366 Å². The standard InChI is InChI=1S/C12H20O3.C10H16O3.C10H18O3.C10H16O3.C9H16O4.C8H14O5.C5H10O5.C2H3.BrH.Mg/c1-6-9-10(12(13,7-2)8-3)15-11(4,5)14-9;1-4-10(11)6-5-7-8(10)13-9(2,3)12-7;2*1-5-7(11)9-8(6-2)12-10(3,4)13-9;1-4-5-6-7(8(10)11-5)13-9(2,3)12-6;1-8(2)12-5-4(3-9)11-7(10)6(5)13-8;6-1-3(8)5(10)4(9)2-7;1-2;;/h6-7,9-10,13H,1-2,8H2,3-5H3;5-8,11H,4H2,1-3H3;6-9,11H,2,5H2,1,3-4H3;6,8-9H,2,5H2,1,3-4H3;5-8,10H,4H2,1-3H3;4-7,9-10H,3H2,1-2H3;1,3-5,7-10H,2H2;1H,2H2;1H;/q;;;;;;;-1;;+2/p-1/t9-,10-,12+;7-,8-,10-;7-,8-,9+;8-,9+;5-,6-,7-,8?;4-,5-,6-,7?;3-,4+,5-;;;/m0000110.../s1. The molecule has 0 saturated carbocycles. The van der Waals surface area contributed by atoms with E-state index >= 15 is 0 Å². The van der Waals surface area contributed by atoms with Crippen molar-refractivity contribution < 1.29 is 144 Å². The molecule has 28 heteroatoms. The van der Waals surface area contributed by atoms with Crippen molar-refractivity contribution in [3.05, 3.63) is 75.9 Å². The third-order valence-corrected chi connectivity index (χ3v) is 15.7. The van der Waals surface area contributed by atoms with Gasteiger partial charge in [0.1, 0.15) is 109 Å². The van der Waals surface area contributed by atoms with Crippen molar-refractivity contribution in [2.75, 3.05) is 13.2 Å². The molecule has 94 heavy (non-hydrogen) atoms. The Kier molecular flexibility index (Phi) is 38.5. The summed E-state index contributed by atoms with van der Waals surface area (Å²) in [6.45, 7) is 52.2. The van der Waals surface area contributed by atoms with Gasteiger partial charge in [-0.2, -0.15) is 0 Å². The number of aliphatic hydroxyl groups excluding tert-OH is 8. The molecule has 542 valence electrons. The SMILES string of the molecule is C=C[C@@H]1OC(C)(C)O[C@@H]1C(=O)CC.C=C[C@@H]1OC(C)(C)O[C@@H]1[C@@H](O)CC.C=C[C@@H]1OC(C)(C)O[C@@H]1[C@@](O)(C=C)CC.CC1(C)O[C@@H]2[C@@H](CO)OC(O)[C@@H]2O1.CC[C@H]1OC(O)[C@@H]2OC(C)(C)O[C@H]12.CC[C@]1(O)C=C[C@@H]2OC(C)(C)O[C@@H]21.O=C[C@H](O)[C@H](O)[C@H](O)CO.[Br-].[CH-]=C.[Mg+2]. The average molecular weight is 1430 g/mol. The van der Waals surface area contributed by atoms with Gasteiger partial charge in [0.05, 0.1) is 25.4 Å². The first-order chi connectivity index (χ1) is 42.5. The van der Waals surface area contributed by atoms with Crippen LogP contribution in [0.25, 0.3) is 0 Å². The quantitative estimate of drug-likeness (QED) is 0.0415. The van der Waals surface area contributed by atoms with Gasteiger partial charge in [-0.1, -0.05) is 71.1 Å². The number of Topliss-reactive ketones (excluding diaryl/α,β-unsaturated/α-hetero) is 1. The molecule has 0 bridgehead atoms. The Morgan fingerprint density at radius 2 is 1.05 bits per heavy atom. The van der Waals surface area contributed by atoms with Crippen LogP contribution in [0.15, 0.2) is 69.4 Å². The molecule has 0 aromatic carbocycles. The Hall–Kier alpha value is -1.93. The van der Waals surface area contributed by atoms with Crippen LogP contribution in [0.4, 0.5) is 0 Å². The number of hydrogen-bond donors (Lipinski definition) is 10. The number of halogens is 1. The van der Waals surface area contributed by atoms with E-state index in [1.165, 1.54) is 6.08 Å². The zero-order valence-corrected chi connectivity index (χ0v) is 61.2. The number of ketones is 1. The number of rotatable bonds is 17. The van der Waals surface area contributed by atoms with Crippen LogP contribution in [0.3, 0.4) is 0 Å². The van der Waals surface area contributed by atoms with Gasteiger partial charge in [-0.3, -0.25) is 11.4 Å². The largest absolute Gasteiger partial charge is 2.00 e. The first-order valence-corrected chi connectivity index (χ1v) is 31.3. The summed E-state index contributed by atoms with van der Waals surface area (Å²) in [6.07, 6.45) is 2.23. The maximum Gasteiger partial charge on any atom is 2.00 e. The minimum absolute atomic E-state index is 0. The summed E-state index contributed by atoms with van der Waals surface area (Å²) in [4.78, 5) is 21.2. The predicted molar refractivity (Wildman–Crippen MR) is 341 cm³/mol. The maximum atomic E-state index is 11.4. The number of carbonyl (C=O) groups is 2. The molecular formula is C66H113BrMgO26. The molecule has 0 amide bonds. The molecule has 0 spiro atoms. The molecule has 9 rings (SSSR count). The Balaban J connectivity index is 0.00000107. The van der Waals surface area contributed by atoms with E-state index in [9.17, 15) is 35.1 Å². The maximum absolute atomic E-state index is 11.4. The van der Waals surface area contributed by atoms with Crippen molar-refractivity contribution in [1.82, 2.24) is 0 Å². The summed E-state index contributed by atoms with van der Waals surface area (Å²) in [6, 6.07) is 0. The molecule has 9 aliphatic rings. The van der Waals surface area contributed by atoms with Gasteiger partial charge in [-0.15, -0.1) is 26.3 Å². The van der Waals surface area contributed by atoms with Gasteiger partial charge in [0.15, 0.2) is 59.4 Å². The molecule has 10 N–H and O–H groups in total. The number of carbonyl (C=O) groups excluding carboxylic acids is 2. The van der Waals surface area contributed by atoms with Gasteiger partial charge < -0.3 is 146 Å². The minimum atomic E-state index is -1.64. The molecule has 1 aliphatic carbocycles. The fraction of sp³-hybridized carbons (Fsp3) is 0.788. The fourth-order valence-corrected chi connectivity index (χ4v) is 11.0. The van der Waals surface area contributed by atoms with Crippen LogP contribution in [0.5, 0.6) is 0 Å². The molecule has 26 nitrogen and oxygen atoms in total. The van der Waals surface area contributed by atoms with E-state index in [-0.39, 0.29) is 120 Å². The van der Waals surface area contributed by atoms with Gasteiger partial charge in [0, 0.05) is 6.42 Å². The fourth-order valence-electron chi connectivity index (χ4n) is 11.0. The van der Waals surface area contributed by atoms with Gasteiger partial charge >= 0.3 is 23.1 Å². The first-order valence-electron chi connectivity index (χ1n) is 31.3. The van der Waals surface area contributed by atoms with E-state index in [2.05, 4.69) is 39.5 Å². The van der Waals surface area contributed by atoms with E-state index in [1.54, 1.807) is 52.0 Å². The molecule has 0 aromatic heterocycles. The van der Waals surface area contributed by atoms with Crippen molar-refractivity contribution in [2.24, 2.45) is 0 Å². The normalized spacial score (nSPS) is 36.3. The van der Waals surface area contributed by atoms with E-state index in [1.807, 2.05) is 96.1 Å². The second-order valence-electron chi connectivity index (χ2n) is 25.6. The number of fused-ring (bicyclic) bond motifs is 3. The zero-order valence-electron chi connectivity index (χ0n) is 58.2. The van der Waals surface area contributed by atoms with Crippen LogP contribution in [-0.2, 0) is 75.9 Å². The average Bonchev–Trinajstić information content (AvgIpc) is 1.63. The minimum Gasteiger partial charge on any atom is -1.00 e. The smallest absolute Gasteiger partial charge is 1.00 e. The number of aldehydes is 1. The summed E-state index contributed by atoms with van der Waals surface area (Å²) in [5.74, 6) is -3.76. The van der Waals surface area contributed by atoms with Gasteiger partial charge in [-0.25, -0.2) is 0 Å². The number of ether oxygens (including phenoxy) is 14. The molecule has 8 aliphatic heterocycles. The number of aliphatic hydroxyl groups is 10. The van der Waals surface area contributed by atoms with Gasteiger partial charge in [0.2, 0.25) is 0 Å². The molecule has 2 unspecified atom stereocenters. The molecule has 8 saturated heterocycles. The van der Waals surface area contributed by atoms with Crippen LogP contribution >= 0.6 is 0 Å². The van der Waals surface area contributed by atoms with Crippen molar-refractivity contribution >= 4 is 35.1 Å². The third-order valence-electron chi connectivity index (χ3n) is 15.7. The summed E-state index contributed by atoms with van der Waals surface area (Å²) >= 11 is 0. The Labute approximate surface area is 583 Å². The van der Waals surface area contributed by atoms with Crippen LogP contribution in [0.1, 0.15) is 150 Å². The van der Waals surface area contributed by atoms with Crippen LogP contribution in [0, 0.1) is 6.58 Å². The summed E-state index contributed by atoms with van der Waals surface area (Å²) in [5, 5.41) is 91.9. The van der Waals surface area contributed by atoms with Crippen LogP contribution in [0.2, 0.25) is 0 Å². The number of hydrogen-bond acceptors (Lipinski definition) is 26. The van der Waals surface area contributed by atoms with Crippen molar-refractivity contribution in [2.45, 2.75) is 318 Å². The summed E-state index contributed by atoms with van der Waals surface area (Å²) in [7, 11) is 0. The Bertz CT molecular complexity index is 2270. The van der Waals surface area contributed by atoms with Crippen LogP contribution < -0.4 is 17.0 Å². The van der Waals surface area contributed by atoms with E-state index < -0.39 is 114 Å². The second kappa shape index (κ2) is 39.3. The van der Waals surface area contributed by atoms with E-state index in [4.69, 9.17) is 91.8 Å². The molecule has 8 heterocycles. The molecular weight excluding hydrogens is 1310 g/mol. The summed E-state index contributed by atoms with van der Waals surface area (Å²) in [5.41, 5.74) is -1.90. The van der Waals surface area contributed by atoms with E-state index in [0.717, 1.165) is 6.42 Å². The Morgan fingerprint density at radius 3 is 1.48 bits per heavy atom. The van der Waals surface area contributed by atoms with Crippen molar-refractivity contribution in [3.8, 4) is 0 Å². The molecule has 8 fully saturated rings. The third kappa shape index (κ3) is 25.6. The summed E-state index contributed by atoms with van der Waals surface area (Å²) < 4.78 is 76.9. The van der Waals surface area contributed by atoms with Crippen molar-refractivity contribution in [3.63, 3.8) is 0 Å². The first kappa shape index (κ1) is 92.1. The predicted octanol–water partition coefficient (Wildman–Crippen LogP) is 0.711. The molecule has 0 radical (unpaired) electrons. The second-order valence-corrected chi connectivity index (χ2v) is 25.6. The van der Waals surface area contributed by atoms with Gasteiger partial charge in [-0.05, 0) is 109 Å². The van der Waals surface area contributed by atoms with Gasteiger partial charge in [0.25, 0.3) is 0 Å². The van der Waals surface area contributed by atoms with E-state index in [0.29, 0.717) is 25.7 Å². The monoisotopic (exact) mass is 1420 g/mol.